The first-order valence-electron chi connectivity index (χ1n) is 9.55. The molecule has 0 radical (unpaired) electrons. The number of fused-ring (bicyclic) bond motifs is 2. The van der Waals surface area contributed by atoms with Gasteiger partial charge in [-0.2, -0.15) is 5.10 Å². The van der Waals surface area contributed by atoms with Crippen LogP contribution in [0.2, 0.25) is 0 Å². The summed E-state index contributed by atoms with van der Waals surface area (Å²) in [5.41, 5.74) is 2.61. The fourth-order valence-electron chi connectivity index (χ4n) is 4.06. The minimum Gasteiger partial charge on any atom is -0.377 e. The molecule has 1 aliphatic carbocycles. The van der Waals surface area contributed by atoms with Gasteiger partial charge >= 0.3 is 0 Å². The molecule has 1 N–H and O–H groups in total. The van der Waals surface area contributed by atoms with E-state index in [1.165, 1.54) is 18.5 Å². The number of rotatable bonds is 3. The van der Waals surface area contributed by atoms with E-state index in [0.717, 1.165) is 36.9 Å². The Labute approximate surface area is 160 Å². The molecule has 0 saturated carbocycles. The van der Waals surface area contributed by atoms with Gasteiger partial charge in [-0.3, -0.25) is 4.79 Å². The summed E-state index contributed by atoms with van der Waals surface area (Å²) in [5, 5.41) is 8.58. The number of hydrogen-bond acceptors (Lipinski definition) is 6. The quantitative estimate of drug-likeness (QED) is 0.749. The number of nitrogens with one attached hydrogen (secondary N) is 1. The first kappa shape index (κ1) is 17.2. The van der Waals surface area contributed by atoms with Gasteiger partial charge in [0.15, 0.2) is 0 Å². The number of aryl methyl sites for hydroxylation is 2. The zero-order valence-corrected chi connectivity index (χ0v) is 15.3. The number of anilines is 1. The highest BCUT2D eigenvalue weighted by Gasteiger charge is 2.32. The zero-order chi connectivity index (χ0) is 19.1. The van der Waals surface area contributed by atoms with Crippen molar-refractivity contribution in [3.05, 3.63) is 58.0 Å². The second-order valence-corrected chi connectivity index (χ2v) is 7.35. The summed E-state index contributed by atoms with van der Waals surface area (Å²) in [4.78, 5) is 21.1. The number of benzene rings is 1. The fourth-order valence-corrected chi connectivity index (χ4v) is 4.06. The van der Waals surface area contributed by atoms with E-state index in [-0.39, 0.29) is 23.5 Å². The molecule has 0 bridgehead atoms. The highest BCUT2D eigenvalue weighted by molar-refractivity contribution is 5.88. The molecule has 1 aliphatic heterocycles. The summed E-state index contributed by atoms with van der Waals surface area (Å²) in [6.07, 6.45) is 5.46. The van der Waals surface area contributed by atoms with Crippen LogP contribution in [0.5, 0.6) is 0 Å². The highest BCUT2D eigenvalue weighted by Crippen LogP contribution is 2.26. The molecule has 2 aliphatic rings. The molecule has 3 aromatic rings. The molecule has 2 atom stereocenters. The third kappa shape index (κ3) is 3.03. The van der Waals surface area contributed by atoms with Gasteiger partial charge in [-0.15, -0.1) is 0 Å². The Morgan fingerprint density at radius 3 is 2.96 bits per heavy atom. The van der Waals surface area contributed by atoms with Crippen molar-refractivity contribution >= 4 is 16.7 Å². The predicted molar refractivity (Wildman–Crippen MR) is 102 cm³/mol. The van der Waals surface area contributed by atoms with E-state index in [1.54, 1.807) is 16.8 Å². The Morgan fingerprint density at radius 2 is 2.04 bits per heavy atom. The van der Waals surface area contributed by atoms with Gasteiger partial charge in [0.2, 0.25) is 0 Å². The van der Waals surface area contributed by atoms with Gasteiger partial charge < -0.3 is 10.1 Å². The zero-order valence-electron chi connectivity index (χ0n) is 15.3. The molecule has 0 spiro atoms. The van der Waals surface area contributed by atoms with Gasteiger partial charge in [-0.25, -0.2) is 19.0 Å². The van der Waals surface area contributed by atoms with Gasteiger partial charge in [0, 0.05) is 11.5 Å². The summed E-state index contributed by atoms with van der Waals surface area (Å²) in [7, 11) is 0. The van der Waals surface area contributed by atoms with Gasteiger partial charge in [0.1, 0.15) is 24.0 Å². The minimum atomic E-state index is -0.350. The number of hydrogen-bond donors (Lipinski definition) is 1. The molecule has 1 aromatic carbocycles. The molecule has 1 saturated heterocycles. The van der Waals surface area contributed by atoms with E-state index in [0.29, 0.717) is 29.9 Å². The van der Waals surface area contributed by atoms with Crippen LogP contribution in [0.3, 0.4) is 0 Å². The van der Waals surface area contributed by atoms with Gasteiger partial charge in [-0.05, 0) is 49.4 Å². The van der Waals surface area contributed by atoms with Crippen LogP contribution in [0.1, 0.15) is 30.1 Å². The third-order valence-electron chi connectivity index (χ3n) is 5.52. The number of halogens is 1. The van der Waals surface area contributed by atoms with Crippen molar-refractivity contribution in [3.63, 3.8) is 0 Å². The van der Waals surface area contributed by atoms with Crippen LogP contribution in [0, 0.1) is 5.82 Å². The summed E-state index contributed by atoms with van der Waals surface area (Å²) >= 11 is 0. The van der Waals surface area contributed by atoms with Gasteiger partial charge in [0.05, 0.1) is 30.5 Å². The van der Waals surface area contributed by atoms with Crippen LogP contribution in [0.25, 0.3) is 10.9 Å². The number of ether oxygens (including phenoxy) is 1. The molecule has 7 nitrogen and oxygen atoms in total. The Bertz CT molecular complexity index is 1100. The molecular formula is C20H20FN5O2. The second-order valence-electron chi connectivity index (χ2n) is 7.35. The molecule has 0 amide bonds. The first-order chi connectivity index (χ1) is 13.7. The lowest BCUT2D eigenvalue weighted by molar-refractivity contribution is 0.182. The Kier molecular flexibility index (Phi) is 4.27. The molecule has 144 valence electrons. The molecule has 2 aromatic heterocycles. The smallest absolute Gasteiger partial charge is 0.267 e. The van der Waals surface area contributed by atoms with Crippen LogP contribution in [-0.4, -0.2) is 39.0 Å². The molecular weight excluding hydrogens is 361 g/mol. The van der Waals surface area contributed by atoms with Gasteiger partial charge in [-0.1, -0.05) is 0 Å². The molecule has 5 rings (SSSR count). The maximum absolute atomic E-state index is 13.7. The number of aromatic nitrogens is 4. The largest absolute Gasteiger partial charge is 0.377 e. The Morgan fingerprint density at radius 1 is 1.14 bits per heavy atom. The minimum absolute atomic E-state index is 0.110. The van der Waals surface area contributed by atoms with Crippen molar-refractivity contribution in [1.82, 2.24) is 19.7 Å². The maximum Gasteiger partial charge on any atom is 0.267 e. The van der Waals surface area contributed by atoms with Crippen LogP contribution in [-0.2, 0) is 17.6 Å². The molecule has 8 heteroatoms. The van der Waals surface area contributed by atoms with Crippen LogP contribution < -0.4 is 10.9 Å². The molecule has 28 heavy (non-hydrogen) atoms. The van der Waals surface area contributed by atoms with E-state index < -0.39 is 0 Å². The molecule has 1 fully saturated rings. The van der Waals surface area contributed by atoms with E-state index in [1.807, 2.05) is 0 Å². The normalized spacial score (nSPS) is 21.6. The lowest BCUT2D eigenvalue weighted by atomic mass is 9.97. The first-order valence-corrected chi connectivity index (χ1v) is 9.55. The summed E-state index contributed by atoms with van der Waals surface area (Å²) in [5.74, 6) is 0.174. The van der Waals surface area contributed by atoms with Gasteiger partial charge in [0.25, 0.3) is 5.56 Å². The number of nitrogens with zero attached hydrogens (tertiary/aromatic N) is 4. The van der Waals surface area contributed by atoms with E-state index in [9.17, 15) is 9.18 Å². The summed E-state index contributed by atoms with van der Waals surface area (Å²) in [6.45, 7) is 0.803. The predicted octanol–water partition coefficient (Wildman–Crippen LogP) is 2.26. The maximum atomic E-state index is 13.7. The van der Waals surface area contributed by atoms with Crippen LogP contribution in [0.4, 0.5) is 10.2 Å². The van der Waals surface area contributed by atoms with E-state index >= 15 is 0 Å². The lowest BCUT2D eigenvalue weighted by Gasteiger charge is -2.23. The van der Waals surface area contributed by atoms with Crippen molar-refractivity contribution in [2.45, 2.75) is 37.8 Å². The standard InChI is InChI=1S/C20H20FN5O2/c21-13-5-6-16-14(8-13)20(23-11-22-16)24-17-9-28-10-18(17)26-19(27)7-12-3-1-2-4-15(12)25-26/h5-8,11,17-18H,1-4,9-10H2,(H,22,23,24). The van der Waals surface area contributed by atoms with Crippen molar-refractivity contribution in [2.24, 2.45) is 0 Å². The van der Waals surface area contributed by atoms with Crippen molar-refractivity contribution in [3.8, 4) is 0 Å². The second kappa shape index (κ2) is 6.94. The van der Waals surface area contributed by atoms with Crippen molar-refractivity contribution < 1.29 is 9.13 Å². The monoisotopic (exact) mass is 381 g/mol. The lowest BCUT2D eigenvalue weighted by Crippen LogP contribution is -2.38. The highest BCUT2D eigenvalue weighted by atomic mass is 19.1. The Balaban J connectivity index is 1.49. The summed E-state index contributed by atoms with van der Waals surface area (Å²) in [6, 6.07) is 5.66. The SMILES string of the molecule is O=c1cc2c(nn1C1COCC1Nc1ncnc3ccc(F)cc13)CCCC2. The fraction of sp³-hybridized carbons (Fsp3) is 0.400. The van der Waals surface area contributed by atoms with Crippen molar-refractivity contribution in [2.75, 3.05) is 18.5 Å². The summed E-state index contributed by atoms with van der Waals surface area (Å²) < 4.78 is 20.9. The third-order valence-corrected chi connectivity index (χ3v) is 5.52. The van der Waals surface area contributed by atoms with Crippen molar-refractivity contribution in [1.29, 1.82) is 0 Å². The average molecular weight is 381 g/mol. The topological polar surface area (TPSA) is 81.9 Å². The molecule has 2 unspecified atom stereocenters. The van der Waals surface area contributed by atoms with E-state index in [4.69, 9.17) is 4.74 Å². The van der Waals surface area contributed by atoms with E-state index in [2.05, 4.69) is 20.4 Å². The molecule has 3 heterocycles. The Hall–Kier alpha value is -2.87. The van der Waals surface area contributed by atoms with Crippen LogP contribution >= 0.6 is 0 Å². The average Bonchev–Trinajstić information content (AvgIpc) is 3.16. The van der Waals surface area contributed by atoms with Crippen LogP contribution in [0.15, 0.2) is 35.4 Å².